The van der Waals surface area contributed by atoms with Crippen LogP contribution in [0.15, 0.2) is 43.8 Å². The fourth-order valence-corrected chi connectivity index (χ4v) is 1.69. The second-order valence-electron chi connectivity index (χ2n) is 3.93. The Labute approximate surface area is 108 Å². The lowest BCUT2D eigenvalue weighted by Gasteiger charge is -1.97. The van der Waals surface area contributed by atoms with Gasteiger partial charge in [-0.1, -0.05) is 5.10 Å². The lowest BCUT2D eigenvalue weighted by molar-refractivity contribution is 0.520. The summed E-state index contributed by atoms with van der Waals surface area (Å²) in [5, 5.41) is 7.51. The van der Waals surface area contributed by atoms with Crippen LogP contribution in [0.25, 0.3) is 11.6 Å². The number of furan rings is 2. The van der Waals surface area contributed by atoms with E-state index in [4.69, 9.17) is 19.0 Å². The number of anilines is 1. The average Bonchev–Trinajstić information content (AvgIpc) is 3.08. The standard InChI is InChI=1S/C13H11N3O3/c1-8-4-5-9(18-8)7-10(11-3-2-6-17-11)12-15-16-13(14)19-12/h2-7H,1H3,(H2,14,16)/b10-7+. The van der Waals surface area contributed by atoms with Gasteiger partial charge in [0.2, 0.25) is 0 Å². The van der Waals surface area contributed by atoms with E-state index in [1.807, 2.05) is 19.1 Å². The molecular weight excluding hydrogens is 246 g/mol. The van der Waals surface area contributed by atoms with Crippen molar-refractivity contribution in [1.29, 1.82) is 0 Å². The third-order valence-corrected chi connectivity index (χ3v) is 2.51. The van der Waals surface area contributed by atoms with E-state index >= 15 is 0 Å². The molecule has 0 spiro atoms. The van der Waals surface area contributed by atoms with E-state index in [-0.39, 0.29) is 11.9 Å². The van der Waals surface area contributed by atoms with Gasteiger partial charge in [0.25, 0.3) is 5.89 Å². The van der Waals surface area contributed by atoms with Crippen molar-refractivity contribution in [3.05, 3.63) is 53.7 Å². The molecule has 0 atom stereocenters. The van der Waals surface area contributed by atoms with Crippen LogP contribution in [-0.4, -0.2) is 10.2 Å². The number of nitrogens with zero attached hydrogens (tertiary/aromatic N) is 2. The number of nitrogens with two attached hydrogens (primary N) is 1. The van der Waals surface area contributed by atoms with Crippen LogP contribution < -0.4 is 5.73 Å². The van der Waals surface area contributed by atoms with Gasteiger partial charge in [-0.15, -0.1) is 5.10 Å². The van der Waals surface area contributed by atoms with Crippen molar-refractivity contribution < 1.29 is 13.3 Å². The lowest BCUT2D eigenvalue weighted by atomic mass is 10.1. The van der Waals surface area contributed by atoms with Crippen LogP contribution in [0.1, 0.15) is 23.2 Å². The normalized spacial score (nSPS) is 11.9. The first kappa shape index (κ1) is 11.3. The van der Waals surface area contributed by atoms with E-state index in [0.29, 0.717) is 17.1 Å². The molecule has 3 aromatic heterocycles. The van der Waals surface area contributed by atoms with Crippen molar-refractivity contribution in [1.82, 2.24) is 10.2 Å². The minimum Gasteiger partial charge on any atom is -0.464 e. The highest BCUT2D eigenvalue weighted by molar-refractivity contribution is 5.85. The molecule has 0 amide bonds. The summed E-state index contributed by atoms with van der Waals surface area (Å²) in [4.78, 5) is 0. The monoisotopic (exact) mass is 257 g/mol. The molecule has 0 aliphatic rings. The minimum absolute atomic E-state index is 0.00285. The lowest BCUT2D eigenvalue weighted by Crippen LogP contribution is -1.86. The van der Waals surface area contributed by atoms with Gasteiger partial charge in [-0.2, -0.15) is 0 Å². The van der Waals surface area contributed by atoms with Gasteiger partial charge < -0.3 is 19.0 Å². The number of nitrogen functional groups attached to an aromatic ring is 1. The topological polar surface area (TPSA) is 91.2 Å². The molecule has 3 aromatic rings. The maximum absolute atomic E-state index is 5.50. The molecule has 3 heterocycles. The van der Waals surface area contributed by atoms with Gasteiger partial charge in [0.15, 0.2) is 0 Å². The summed E-state index contributed by atoms with van der Waals surface area (Å²) in [6, 6.07) is 7.28. The maximum Gasteiger partial charge on any atom is 0.313 e. The number of hydrogen-bond donors (Lipinski definition) is 1. The van der Waals surface area contributed by atoms with Crippen molar-refractivity contribution in [3.63, 3.8) is 0 Å². The summed E-state index contributed by atoms with van der Waals surface area (Å²) in [6.07, 6.45) is 3.33. The number of hydrogen-bond acceptors (Lipinski definition) is 6. The Morgan fingerprint density at radius 1 is 1.21 bits per heavy atom. The van der Waals surface area contributed by atoms with Gasteiger partial charge in [-0.3, -0.25) is 0 Å². The zero-order chi connectivity index (χ0) is 13.2. The summed E-state index contributed by atoms with van der Waals surface area (Å²) in [6.45, 7) is 1.87. The molecule has 0 bridgehead atoms. The quantitative estimate of drug-likeness (QED) is 0.775. The molecule has 0 radical (unpaired) electrons. The fraction of sp³-hybridized carbons (Fsp3) is 0.0769. The van der Waals surface area contributed by atoms with Crippen LogP contribution >= 0.6 is 0 Å². The molecule has 6 nitrogen and oxygen atoms in total. The Balaban J connectivity index is 2.09. The molecule has 0 saturated heterocycles. The molecule has 2 N–H and O–H groups in total. The van der Waals surface area contributed by atoms with Crippen LogP contribution in [0.4, 0.5) is 6.01 Å². The predicted molar refractivity (Wildman–Crippen MR) is 67.8 cm³/mol. The van der Waals surface area contributed by atoms with Gasteiger partial charge in [0.1, 0.15) is 17.3 Å². The molecule has 0 unspecified atom stereocenters. The van der Waals surface area contributed by atoms with Crippen LogP contribution in [0.3, 0.4) is 0 Å². The summed E-state index contributed by atoms with van der Waals surface area (Å²) >= 11 is 0. The second kappa shape index (κ2) is 4.49. The SMILES string of the molecule is Cc1ccc(/C=C(\c2ccco2)c2nnc(N)o2)o1. The van der Waals surface area contributed by atoms with Gasteiger partial charge in [-0.25, -0.2) is 0 Å². The molecule has 6 heteroatoms. The second-order valence-corrected chi connectivity index (χ2v) is 3.93. The van der Waals surface area contributed by atoms with E-state index in [1.165, 1.54) is 0 Å². The van der Waals surface area contributed by atoms with E-state index in [2.05, 4.69) is 10.2 Å². The highest BCUT2D eigenvalue weighted by Crippen LogP contribution is 2.26. The maximum atomic E-state index is 5.50. The summed E-state index contributed by atoms with van der Waals surface area (Å²) in [5.41, 5.74) is 6.06. The first-order chi connectivity index (χ1) is 9.22. The molecule has 0 aromatic carbocycles. The minimum atomic E-state index is 0.00285. The van der Waals surface area contributed by atoms with Gasteiger partial charge in [0.05, 0.1) is 11.8 Å². The third-order valence-electron chi connectivity index (χ3n) is 2.51. The number of aromatic nitrogens is 2. The van der Waals surface area contributed by atoms with Crippen LogP contribution in [-0.2, 0) is 0 Å². The van der Waals surface area contributed by atoms with Crippen LogP contribution in [0, 0.1) is 6.92 Å². The average molecular weight is 257 g/mol. The van der Waals surface area contributed by atoms with E-state index in [1.54, 1.807) is 24.5 Å². The number of rotatable bonds is 3. The summed E-state index contributed by atoms with van der Waals surface area (Å²) < 4.78 is 16.1. The highest BCUT2D eigenvalue weighted by Gasteiger charge is 2.15. The van der Waals surface area contributed by atoms with Gasteiger partial charge in [-0.05, 0) is 37.3 Å². The smallest absolute Gasteiger partial charge is 0.313 e. The Hall–Kier alpha value is -2.76. The molecular formula is C13H11N3O3. The molecule has 19 heavy (non-hydrogen) atoms. The van der Waals surface area contributed by atoms with Crippen molar-refractivity contribution in [2.24, 2.45) is 0 Å². The summed E-state index contributed by atoms with van der Waals surface area (Å²) in [7, 11) is 0. The molecule has 0 aliphatic heterocycles. The largest absolute Gasteiger partial charge is 0.464 e. The summed E-state index contributed by atoms with van der Waals surface area (Å²) in [5.74, 6) is 2.36. The van der Waals surface area contributed by atoms with Crippen LogP contribution in [0.5, 0.6) is 0 Å². The van der Waals surface area contributed by atoms with Gasteiger partial charge in [0, 0.05) is 0 Å². The van der Waals surface area contributed by atoms with E-state index in [9.17, 15) is 0 Å². The molecule has 3 rings (SSSR count). The van der Waals surface area contributed by atoms with Crippen molar-refractivity contribution in [2.75, 3.05) is 5.73 Å². The first-order valence-electron chi connectivity index (χ1n) is 5.64. The van der Waals surface area contributed by atoms with Crippen molar-refractivity contribution in [2.45, 2.75) is 6.92 Å². The third kappa shape index (κ3) is 2.28. The zero-order valence-electron chi connectivity index (χ0n) is 10.2. The van der Waals surface area contributed by atoms with E-state index in [0.717, 1.165) is 5.76 Å². The Morgan fingerprint density at radius 2 is 2.11 bits per heavy atom. The molecule has 0 saturated carbocycles. The zero-order valence-corrected chi connectivity index (χ0v) is 10.2. The highest BCUT2D eigenvalue weighted by atomic mass is 16.4. The first-order valence-corrected chi connectivity index (χ1v) is 5.64. The Morgan fingerprint density at radius 3 is 2.68 bits per heavy atom. The van der Waals surface area contributed by atoms with Crippen molar-refractivity contribution >= 4 is 17.7 Å². The molecule has 0 fully saturated rings. The Bertz CT molecular complexity index is 707. The van der Waals surface area contributed by atoms with Crippen molar-refractivity contribution in [3.8, 4) is 0 Å². The Kier molecular flexibility index (Phi) is 2.68. The molecule has 0 aliphatic carbocycles. The molecule has 96 valence electrons. The van der Waals surface area contributed by atoms with Crippen LogP contribution in [0.2, 0.25) is 0 Å². The van der Waals surface area contributed by atoms with Gasteiger partial charge >= 0.3 is 6.01 Å². The van der Waals surface area contributed by atoms with E-state index < -0.39 is 0 Å². The fourth-order valence-electron chi connectivity index (χ4n) is 1.69. The predicted octanol–water partition coefficient (Wildman–Crippen LogP) is 2.74. The number of aryl methyl sites for hydroxylation is 1.